The van der Waals surface area contributed by atoms with Crippen LogP contribution in [-0.2, 0) is 9.47 Å². The first kappa shape index (κ1) is 16.6. The van der Waals surface area contributed by atoms with Crippen molar-refractivity contribution in [3.8, 4) is 0 Å². The monoisotopic (exact) mass is 301 g/mol. The first-order valence-electron chi connectivity index (χ1n) is 8.22. The molecule has 2 aliphatic rings. The predicted molar refractivity (Wildman–Crippen MR) is 86.3 cm³/mol. The summed E-state index contributed by atoms with van der Waals surface area (Å²) in [5, 5.41) is 0. The number of hydrogen-bond acceptors (Lipinski definition) is 4. The van der Waals surface area contributed by atoms with Crippen molar-refractivity contribution < 1.29 is 9.47 Å². The maximum absolute atomic E-state index is 6.70. The Morgan fingerprint density at radius 1 is 1.40 bits per heavy atom. The van der Waals surface area contributed by atoms with E-state index < -0.39 is 0 Å². The topological polar surface area (TPSA) is 44.5 Å². The van der Waals surface area contributed by atoms with E-state index in [0.717, 1.165) is 44.6 Å². The third kappa shape index (κ3) is 3.18. The molecule has 2 rings (SSSR count). The molecule has 2 aliphatic heterocycles. The third-order valence-corrected chi connectivity index (χ3v) is 6.57. The average molecular weight is 301 g/mol. The summed E-state index contributed by atoms with van der Waals surface area (Å²) in [7, 11) is 0. The summed E-state index contributed by atoms with van der Waals surface area (Å²) < 4.78 is 12.3. The van der Waals surface area contributed by atoms with Gasteiger partial charge in [-0.1, -0.05) is 13.8 Å². The summed E-state index contributed by atoms with van der Waals surface area (Å²) in [5.41, 5.74) is 6.66. The van der Waals surface area contributed by atoms with Gasteiger partial charge in [-0.3, -0.25) is 0 Å². The molecule has 2 heterocycles. The van der Waals surface area contributed by atoms with E-state index in [9.17, 15) is 0 Å². The highest BCUT2D eigenvalue weighted by Gasteiger charge is 2.46. The largest absolute Gasteiger partial charge is 0.374 e. The Labute approximate surface area is 128 Å². The van der Waals surface area contributed by atoms with Crippen molar-refractivity contribution in [2.24, 2.45) is 11.7 Å². The second-order valence-electron chi connectivity index (χ2n) is 6.32. The van der Waals surface area contributed by atoms with Crippen LogP contribution in [0.1, 0.15) is 52.9 Å². The molecule has 0 aromatic rings. The molecule has 2 fully saturated rings. The molecule has 0 bridgehead atoms. The Hall–Kier alpha value is 0.230. The number of hydrogen-bond donors (Lipinski definition) is 1. The average Bonchev–Trinajstić information content (AvgIpc) is 2.92. The lowest BCUT2D eigenvalue weighted by atomic mass is 9.73. The molecule has 2 N–H and O–H groups in total. The number of ether oxygens (including phenoxy) is 2. The van der Waals surface area contributed by atoms with Crippen LogP contribution in [0.4, 0.5) is 0 Å². The van der Waals surface area contributed by atoms with E-state index in [1.165, 1.54) is 12.2 Å². The molecule has 2 saturated heterocycles. The molecule has 1 spiro atoms. The molecule has 0 aromatic heterocycles. The van der Waals surface area contributed by atoms with Gasteiger partial charge in [0.05, 0.1) is 11.2 Å². The van der Waals surface area contributed by atoms with Gasteiger partial charge in [-0.2, -0.15) is 11.8 Å². The molecule has 20 heavy (non-hydrogen) atoms. The highest BCUT2D eigenvalue weighted by molar-refractivity contribution is 7.99. The van der Waals surface area contributed by atoms with Crippen LogP contribution in [0.15, 0.2) is 0 Å². The molecular weight excluding hydrogens is 270 g/mol. The van der Waals surface area contributed by atoms with Crippen LogP contribution < -0.4 is 5.73 Å². The van der Waals surface area contributed by atoms with E-state index in [-0.39, 0.29) is 17.2 Å². The van der Waals surface area contributed by atoms with Gasteiger partial charge in [0.25, 0.3) is 0 Å². The molecular formula is C16H31NO2S. The molecule has 0 amide bonds. The fourth-order valence-electron chi connectivity index (χ4n) is 3.97. The second-order valence-corrected chi connectivity index (χ2v) is 7.42. The number of rotatable bonds is 6. The van der Waals surface area contributed by atoms with Crippen molar-refractivity contribution in [2.75, 3.05) is 24.7 Å². The SMILES string of the molecule is CCOC(CC)(CC)C(N)C1CCOC2(CCSC2)C1. The maximum atomic E-state index is 6.70. The smallest absolute Gasteiger partial charge is 0.0829 e. The fourth-order valence-corrected chi connectivity index (χ4v) is 5.35. The summed E-state index contributed by atoms with van der Waals surface area (Å²) in [6.45, 7) is 8.11. The highest BCUT2D eigenvalue weighted by Crippen LogP contribution is 2.43. The summed E-state index contributed by atoms with van der Waals surface area (Å²) in [5.74, 6) is 2.92. The summed E-state index contributed by atoms with van der Waals surface area (Å²) in [4.78, 5) is 0. The zero-order valence-corrected chi connectivity index (χ0v) is 14.1. The summed E-state index contributed by atoms with van der Waals surface area (Å²) in [6, 6.07) is 0.129. The Bertz CT molecular complexity index is 301. The minimum atomic E-state index is -0.149. The van der Waals surface area contributed by atoms with Gasteiger partial charge >= 0.3 is 0 Å². The highest BCUT2D eigenvalue weighted by atomic mass is 32.2. The molecule has 3 unspecified atom stereocenters. The van der Waals surface area contributed by atoms with Crippen molar-refractivity contribution in [1.29, 1.82) is 0 Å². The van der Waals surface area contributed by atoms with E-state index >= 15 is 0 Å². The first-order chi connectivity index (χ1) is 9.61. The Kier molecular flexibility index (Phi) is 5.80. The first-order valence-corrected chi connectivity index (χ1v) is 9.38. The lowest BCUT2D eigenvalue weighted by molar-refractivity contribution is -0.120. The van der Waals surface area contributed by atoms with Crippen molar-refractivity contribution in [3.05, 3.63) is 0 Å². The third-order valence-electron chi connectivity index (χ3n) is 5.34. The van der Waals surface area contributed by atoms with Gasteiger partial charge in [-0.05, 0) is 50.7 Å². The van der Waals surface area contributed by atoms with E-state index in [0.29, 0.717) is 5.92 Å². The lowest BCUT2D eigenvalue weighted by Crippen LogP contribution is -2.56. The summed E-state index contributed by atoms with van der Waals surface area (Å²) >= 11 is 2.03. The second kappa shape index (κ2) is 6.99. The van der Waals surface area contributed by atoms with E-state index in [1.807, 2.05) is 11.8 Å². The Morgan fingerprint density at radius 2 is 2.15 bits per heavy atom. The van der Waals surface area contributed by atoms with Crippen LogP contribution in [0.5, 0.6) is 0 Å². The molecule has 0 aromatic carbocycles. The van der Waals surface area contributed by atoms with Gasteiger partial charge in [-0.25, -0.2) is 0 Å². The molecule has 0 radical (unpaired) electrons. The van der Waals surface area contributed by atoms with E-state index in [4.69, 9.17) is 15.2 Å². The van der Waals surface area contributed by atoms with Crippen LogP contribution in [0.3, 0.4) is 0 Å². The van der Waals surface area contributed by atoms with Crippen LogP contribution in [0.25, 0.3) is 0 Å². The number of thioether (sulfide) groups is 1. The molecule has 3 atom stereocenters. The van der Waals surface area contributed by atoms with Crippen molar-refractivity contribution in [1.82, 2.24) is 0 Å². The van der Waals surface area contributed by atoms with Crippen molar-refractivity contribution in [2.45, 2.75) is 70.1 Å². The van der Waals surface area contributed by atoms with Crippen molar-refractivity contribution >= 4 is 11.8 Å². The van der Waals surface area contributed by atoms with Crippen LogP contribution in [0.2, 0.25) is 0 Å². The molecule has 4 heteroatoms. The van der Waals surface area contributed by atoms with Crippen LogP contribution >= 0.6 is 11.8 Å². The van der Waals surface area contributed by atoms with Crippen LogP contribution in [-0.4, -0.2) is 42.0 Å². The van der Waals surface area contributed by atoms with Gasteiger partial charge in [-0.15, -0.1) is 0 Å². The quantitative estimate of drug-likeness (QED) is 0.818. The van der Waals surface area contributed by atoms with Gasteiger partial charge in [0.1, 0.15) is 0 Å². The standard InChI is InChI=1S/C16H31NO2S/c1-4-16(5-2,18-6-3)14(17)13-7-9-19-15(11-13)8-10-20-12-15/h13-14H,4-12,17H2,1-3H3. The zero-order valence-electron chi connectivity index (χ0n) is 13.3. The molecule has 3 nitrogen and oxygen atoms in total. The fraction of sp³-hybridized carbons (Fsp3) is 1.00. The van der Waals surface area contributed by atoms with Gasteiger partial charge in [0.15, 0.2) is 0 Å². The summed E-state index contributed by atoms with van der Waals surface area (Å²) in [6.07, 6.45) is 5.40. The van der Waals surface area contributed by atoms with Crippen LogP contribution in [0, 0.1) is 5.92 Å². The zero-order chi connectivity index (χ0) is 14.6. The molecule has 0 aliphatic carbocycles. The van der Waals surface area contributed by atoms with Gasteiger partial charge < -0.3 is 15.2 Å². The Morgan fingerprint density at radius 3 is 2.70 bits per heavy atom. The minimum absolute atomic E-state index is 0.116. The van der Waals surface area contributed by atoms with E-state index in [1.54, 1.807) is 0 Å². The van der Waals surface area contributed by atoms with Crippen molar-refractivity contribution in [3.63, 3.8) is 0 Å². The normalized spacial score (nSPS) is 32.7. The molecule has 0 saturated carbocycles. The lowest BCUT2D eigenvalue weighted by Gasteiger charge is -2.46. The predicted octanol–water partition coefficient (Wildman–Crippen LogP) is 3.21. The van der Waals surface area contributed by atoms with E-state index in [2.05, 4.69) is 20.8 Å². The molecule has 118 valence electrons. The van der Waals surface area contributed by atoms with Gasteiger partial charge in [0.2, 0.25) is 0 Å². The minimum Gasteiger partial charge on any atom is -0.374 e. The Balaban J connectivity index is 2.08. The maximum Gasteiger partial charge on any atom is 0.0829 e. The number of nitrogens with two attached hydrogens (primary N) is 1. The van der Waals surface area contributed by atoms with Gasteiger partial charge in [0, 0.05) is 25.0 Å².